The Hall–Kier alpha value is -2.15. The summed E-state index contributed by atoms with van der Waals surface area (Å²) in [6.45, 7) is 4.44. The summed E-state index contributed by atoms with van der Waals surface area (Å²) in [5, 5.41) is 3.19. The van der Waals surface area contributed by atoms with Gasteiger partial charge in [0, 0.05) is 42.5 Å². The van der Waals surface area contributed by atoms with Crippen LogP contribution < -0.4 is 5.32 Å². The number of aromatic nitrogens is 1. The van der Waals surface area contributed by atoms with Gasteiger partial charge in [0.1, 0.15) is 5.84 Å². The molecule has 0 radical (unpaired) electrons. The minimum Gasteiger partial charge on any atom is -0.340 e. The van der Waals surface area contributed by atoms with Gasteiger partial charge in [-0.05, 0) is 43.2 Å². The van der Waals surface area contributed by atoms with Crippen LogP contribution in [0.4, 0.5) is 14.5 Å². The molecule has 0 aliphatic rings. The number of anilines is 1. The minimum absolute atomic E-state index is 0.399. The van der Waals surface area contributed by atoms with Gasteiger partial charge in [-0.1, -0.05) is 6.07 Å². The first kappa shape index (κ1) is 19.2. The second-order valence-electron chi connectivity index (χ2n) is 5.93. The molecule has 2 rings (SSSR count). The molecule has 134 valence electrons. The molecule has 0 saturated heterocycles. The molecule has 1 unspecified atom stereocenters. The molecule has 7 heteroatoms. The van der Waals surface area contributed by atoms with Crippen LogP contribution in [0.2, 0.25) is 0 Å². The van der Waals surface area contributed by atoms with Crippen LogP contribution in [0.5, 0.6) is 0 Å². The van der Waals surface area contributed by atoms with Gasteiger partial charge in [0.05, 0.1) is 16.6 Å². The van der Waals surface area contributed by atoms with Gasteiger partial charge in [0.2, 0.25) is 0 Å². The smallest absolute Gasteiger partial charge is 0.257 e. The van der Waals surface area contributed by atoms with E-state index in [2.05, 4.69) is 15.3 Å². The van der Waals surface area contributed by atoms with E-state index in [1.54, 1.807) is 38.5 Å². The van der Waals surface area contributed by atoms with Gasteiger partial charge in [-0.2, -0.15) is 0 Å². The number of benzene rings is 1. The number of nitrogens with one attached hydrogen (secondary N) is 1. The highest BCUT2D eigenvalue weighted by molar-refractivity contribution is 7.85. The van der Waals surface area contributed by atoms with E-state index in [1.165, 1.54) is 0 Å². The predicted molar refractivity (Wildman–Crippen MR) is 98.1 cm³/mol. The Balaban J connectivity index is 2.35. The van der Waals surface area contributed by atoms with E-state index in [9.17, 15) is 13.0 Å². The summed E-state index contributed by atoms with van der Waals surface area (Å²) in [6.07, 6.45) is 3.34. The predicted octanol–water partition coefficient (Wildman–Crippen LogP) is 3.95. The van der Waals surface area contributed by atoms with Crippen LogP contribution in [0.1, 0.15) is 23.6 Å². The summed E-state index contributed by atoms with van der Waals surface area (Å²) in [6, 6.07) is 7.16. The van der Waals surface area contributed by atoms with Gasteiger partial charge in [-0.15, -0.1) is 0 Å². The first-order valence-corrected chi connectivity index (χ1v) is 9.05. The molecule has 0 fully saturated rings. The van der Waals surface area contributed by atoms with E-state index >= 15 is 0 Å². The topological polar surface area (TPSA) is 54.4 Å². The second kappa shape index (κ2) is 7.82. The maximum atomic E-state index is 13.2. The summed E-state index contributed by atoms with van der Waals surface area (Å²) in [4.78, 5) is 8.69. The Bertz CT molecular complexity index is 802. The van der Waals surface area contributed by atoms with Crippen molar-refractivity contribution in [2.24, 2.45) is 4.99 Å². The zero-order valence-corrected chi connectivity index (χ0v) is 15.5. The quantitative estimate of drug-likeness (QED) is 0.645. The van der Waals surface area contributed by atoms with E-state index < -0.39 is 22.5 Å². The number of amidine groups is 1. The van der Waals surface area contributed by atoms with Crippen LogP contribution in [-0.4, -0.2) is 33.8 Å². The van der Waals surface area contributed by atoms with Crippen LogP contribution in [-0.2, 0) is 10.8 Å². The summed E-state index contributed by atoms with van der Waals surface area (Å²) >= 11 is 0. The summed E-state index contributed by atoms with van der Waals surface area (Å²) in [7, 11) is -0.138. The molecule has 25 heavy (non-hydrogen) atoms. The highest BCUT2D eigenvalue weighted by Gasteiger charge is 2.26. The summed E-state index contributed by atoms with van der Waals surface area (Å²) < 4.78 is 38.8. The molecule has 0 amide bonds. The van der Waals surface area contributed by atoms with Gasteiger partial charge in [-0.3, -0.25) is 14.2 Å². The lowest BCUT2D eigenvalue weighted by Crippen LogP contribution is -2.21. The fraction of sp³-hybridized carbons (Fsp3) is 0.333. The maximum absolute atomic E-state index is 13.2. The van der Waals surface area contributed by atoms with E-state index in [0.717, 1.165) is 23.6 Å². The molecule has 1 aromatic heterocycles. The molecule has 0 spiro atoms. The van der Waals surface area contributed by atoms with Crippen molar-refractivity contribution in [1.29, 1.82) is 0 Å². The van der Waals surface area contributed by atoms with E-state index in [-0.39, 0.29) is 0 Å². The number of hydrogen-bond donors (Lipinski definition) is 1. The third kappa shape index (κ3) is 5.16. The van der Waals surface area contributed by atoms with Crippen molar-refractivity contribution >= 4 is 22.3 Å². The SMILES string of the molecule is CN=C(Nc1cc(S(=O)CC(C)(F)F)c(C)cc1C)c1cccnc1. The van der Waals surface area contributed by atoms with Crippen LogP contribution in [0.25, 0.3) is 0 Å². The maximum Gasteiger partial charge on any atom is 0.257 e. The van der Waals surface area contributed by atoms with Crippen molar-refractivity contribution in [1.82, 2.24) is 4.98 Å². The van der Waals surface area contributed by atoms with Crippen LogP contribution in [0.15, 0.2) is 46.5 Å². The average molecular weight is 365 g/mol. The molecule has 0 aliphatic heterocycles. The molecule has 1 atom stereocenters. The number of pyridine rings is 1. The third-order valence-corrected chi connectivity index (χ3v) is 5.26. The highest BCUT2D eigenvalue weighted by Crippen LogP contribution is 2.26. The lowest BCUT2D eigenvalue weighted by molar-refractivity contribution is 0.0483. The molecule has 0 saturated carbocycles. The van der Waals surface area contributed by atoms with Crippen LogP contribution in [0.3, 0.4) is 0 Å². The number of alkyl halides is 2. The van der Waals surface area contributed by atoms with Crippen LogP contribution >= 0.6 is 0 Å². The van der Waals surface area contributed by atoms with Crippen molar-refractivity contribution in [3.63, 3.8) is 0 Å². The average Bonchev–Trinajstić information content (AvgIpc) is 2.53. The minimum atomic E-state index is -2.98. The number of nitrogens with zero attached hydrogens (tertiary/aromatic N) is 2. The molecular weight excluding hydrogens is 344 g/mol. The molecule has 0 bridgehead atoms. The standard InChI is InChI=1S/C18H21F2N3OS/c1-12-8-13(2)16(25(24)11-18(3,19)20)9-15(12)23-17(21-4)14-6-5-7-22-10-14/h5-10H,11H2,1-4H3,(H,21,23). The van der Waals surface area contributed by atoms with Crippen molar-refractivity contribution in [3.05, 3.63) is 53.3 Å². The Morgan fingerprint density at radius 1 is 1.32 bits per heavy atom. The normalized spacial score (nSPS) is 13.6. The van der Waals surface area contributed by atoms with E-state index in [0.29, 0.717) is 16.4 Å². The third-order valence-electron chi connectivity index (χ3n) is 3.56. The summed E-state index contributed by atoms with van der Waals surface area (Å²) in [5.74, 6) is -3.09. The molecule has 1 N–H and O–H groups in total. The molecule has 1 heterocycles. The number of aliphatic imine (C=N–C) groups is 1. The first-order chi connectivity index (χ1) is 11.7. The molecule has 0 aliphatic carbocycles. The van der Waals surface area contributed by atoms with Gasteiger partial charge in [-0.25, -0.2) is 8.78 Å². The Morgan fingerprint density at radius 2 is 2.04 bits per heavy atom. The number of hydrogen-bond acceptors (Lipinski definition) is 3. The monoisotopic (exact) mass is 365 g/mol. The summed E-state index contributed by atoms with van der Waals surface area (Å²) in [5.41, 5.74) is 3.11. The van der Waals surface area contributed by atoms with Crippen LogP contribution in [0, 0.1) is 13.8 Å². The lowest BCUT2D eigenvalue weighted by atomic mass is 10.1. The zero-order valence-electron chi connectivity index (χ0n) is 14.6. The molecule has 2 aromatic rings. The Morgan fingerprint density at radius 3 is 2.60 bits per heavy atom. The largest absolute Gasteiger partial charge is 0.340 e. The lowest BCUT2D eigenvalue weighted by Gasteiger charge is -2.16. The van der Waals surface area contributed by atoms with Crippen molar-refractivity contribution in [3.8, 4) is 0 Å². The van der Waals surface area contributed by atoms with Gasteiger partial charge in [0.25, 0.3) is 5.92 Å². The van der Waals surface area contributed by atoms with Gasteiger partial charge >= 0.3 is 0 Å². The van der Waals surface area contributed by atoms with Crippen molar-refractivity contribution in [2.45, 2.75) is 31.6 Å². The molecule has 4 nitrogen and oxygen atoms in total. The van der Waals surface area contributed by atoms with E-state index in [1.807, 2.05) is 19.1 Å². The van der Waals surface area contributed by atoms with Crippen molar-refractivity contribution in [2.75, 3.05) is 18.1 Å². The van der Waals surface area contributed by atoms with E-state index in [4.69, 9.17) is 0 Å². The Kier molecular flexibility index (Phi) is 6.00. The van der Waals surface area contributed by atoms with Gasteiger partial charge < -0.3 is 5.32 Å². The Labute approximate surface area is 148 Å². The first-order valence-electron chi connectivity index (χ1n) is 7.73. The highest BCUT2D eigenvalue weighted by atomic mass is 32.2. The fourth-order valence-corrected chi connectivity index (χ4v) is 3.69. The fourth-order valence-electron chi connectivity index (χ4n) is 2.41. The zero-order chi connectivity index (χ0) is 18.6. The second-order valence-corrected chi connectivity index (χ2v) is 7.35. The number of aryl methyl sites for hydroxylation is 2. The number of rotatable bonds is 5. The molecular formula is C18H21F2N3OS. The molecule has 1 aromatic carbocycles. The van der Waals surface area contributed by atoms with Gasteiger partial charge in [0.15, 0.2) is 0 Å². The number of halogens is 2. The van der Waals surface area contributed by atoms with Crippen molar-refractivity contribution < 1.29 is 13.0 Å².